The minimum Gasteiger partial charge on any atom is -0.357 e. The summed E-state index contributed by atoms with van der Waals surface area (Å²) in [5, 5.41) is 0. The van der Waals surface area contributed by atoms with E-state index in [0.29, 0.717) is 5.41 Å². The summed E-state index contributed by atoms with van der Waals surface area (Å²) in [7, 11) is 0. The molecule has 3 aliphatic rings. The van der Waals surface area contributed by atoms with Crippen LogP contribution in [0.25, 0.3) is 11.1 Å². The molecule has 1 saturated carbocycles. The van der Waals surface area contributed by atoms with Crippen molar-refractivity contribution in [3.63, 3.8) is 0 Å². The molecule has 0 amide bonds. The van der Waals surface area contributed by atoms with Gasteiger partial charge in [-0.05, 0) is 75.2 Å². The van der Waals surface area contributed by atoms with Crippen LogP contribution in [0.5, 0.6) is 0 Å². The normalized spacial score (nSPS) is 23.3. The van der Waals surface area contributed by atoms with Gasteiger partial charge in [0.1, 0.15) is 5.82 Å². The number of likely N-dealkylation sites (tertiary alicyclic amines) is 1. The highest BCUT2D eigenvalue weighted by atomic mass is 15.2. The summed E-state index contributed by atoms with van der Waals surface area (Å²) < 4.78 is 0. The molecule has 0 radical (unpaired) electrons. The van der Waals surface area contributed by atoms with Crippen LogP contribution >= 0.6 is 0 Å². The molecule has 0 atom stereocenters. The number of piperidine rings is 2. The van der Waals surface area contributed by atoms with Gasteiger partial charge < -0.3 is 9.80 Å². The molecule has 2 saturated heterocycles. The largest absolute Gasteiger partial charge is 0.357 e. The van der Waals surface area contributed by atoms with Crippen molar-refractivity contribution in [2.45, 2.75) is 51.0 Å². The summed E-state index contributed by atoms with van der Waals surface area (Å²) in [6, 6.07) is 9.35. The molecular weight excluding hydrogens is 332 g/mol. The maximum absolute atomic E-state index is 4.76. The van der Waals surface area contributed by atoms with Crippen molar-refractivity contribution in [2.24, 2.45) is 5.41 Å². The third-order valence-corrected chi connectivity index (χ3v) is 7.34. The molecule has 2 aromatic heterocycles. The molecule has 4 nitrogen and oxygen atoms in total. The van der Waals surface area contributed by atoms with Gasteiger partial charge in [0.15, 0.2) is 0 Å². The Labute approximate surface area is 162 Å². The number of anilines is 1. The van der Waals surface area contributed by atoms with Gasteiger partial charge in [-0.2, -0.15) is 0 Å². The monoisotopic (exact) mass is 362 g/mol. The van der Waals surface area contributed by atoms with E-state index in [9.17, 15) is 0 Å². The molecule has 1 aliphatic carbocycles. The minimum absolute atomic E-state index is 0.604. The van der Waals surface area contributed by atoms with Crippen LogP contribution in [0.2, 0.25) is 0 Å². The van der Waals surface area contributed by atoms with Gasteiger partial charge in [0.25, 0.3) is 0 Å². The fourth-order valence-corrected chi connectivity index (χ4v) is 5.10. The van der Waals surface area contributed by atoms with E-state index in [0.717, 1.165) is 36.1 Å². The Bertz CT molecular complexity index is 736. The molecule has 0 unspecified atom stereocenters. The van der Waals surface area contributed by atoms with Crippen LogP contribution in [0.1, 0.15) is 44.9 Å². The molecule has 5 rings (SSSR count). The zero-order valence-corrected chi connectivity index (χ0v) is 16.2. The highest BCUT2D eigenvalue weighted by molar-refractivity contribution is 5.62. The Morgan fingerprint density at radius 3 is 2.19 bits per heavy atom. The predicted octanol–water partition coefficient (Wildman–Crippen LogP) is 4.38. The van der Waals surface area contributed by atoms with Crippen LogP contribution in [0.15, 0.2) is 42.9 Å². The lowest BCUT2D eigenvalue weighted by atomic mass is 9.70. The lowest BCUT2D eigenvalue weighted by Gasteiger charge is -2.50. The molecule has 27 heavy (non-hydrogen) atoms. The van der Waals surface area contributed by atoms with E-state index in [4.69, 9.17) is 4.98 Å². The van der Waals surface area contributed by atoms with E-state index in [-0.39, 0.29) is 0 Å². The minimum atomic E-state index is 0.604. The average molecular weight is 363 g/mol. The van der Waals surface area contributed by atoms with E-state index >= 15 is 0 Å². The molecule has 1 spiro atoms. The second-order valence-corrected chi connectivity index (χ2v) is 8.75. The van der Waals surface area contributed by atoms with Crippen molar-refractivity contribution < 1.29 is 0 Å². The highest BCUT2D eigenvalue weighted by Gasteiger charge is 2.39. The Morgan fingerprint density at radius 1 is 0.852 bits per heavy atom. The Hall–Kier alpha value is -1.94. The van der Waals surface area contributed by atoms with E-state index in [1.807, 2.05) is 24.7 Å². The summed E-state index contributed by atoms with van der Waals surface area (Å²) in [6.07, 6.45) is 15.5. The van der Waals surface area contributed by atoms with Gasteiger partial charge in [-0.25, -0.2) is 4.98 Å². The SMILES string of the molecule is c1cncc(-c2ccc(N3CCC4(CC3)CCN(C3CCC3)CC4)nc2)c1. The molecule has 4 heteroatoms. The highest BCUT2D eigenvalue weighted by Crippen LogP contribution is 2.43. The number of pyridine rings is 2. The van der Waals surface area contributed by atoms with E-state index < -0.39 is 0 Å². The summed E-state index contributed by atoms with van der Waals surface area (Å²) in [5.41, 5.74) is 2.88. The first-order valence-corrected chi connectivity index (χ1v) is 10.7. The average Bonchev–Trinajstić information content (AvgIpc) is 2.70. The van der Waals surface area contributed by atoms with Crippen molar-refractivity contribution in [3.8, 4) is 11.1 Å². The first kappa shape index (κ1) is 17.2. The summed E-state index contributed by atoms with van der Waals surface area (Å²) in [4.78, 5) is 14.2. The fraction of sp³-hybridized carbons (Fsp3) is 0.565. The second-order valence-electron chi connectivity index (χ2n) is 8.75. The van der Waals surface area contributed by atoms with Crippen molar-refractivity contribution in [1.82, 2.24) is 14.9 Å². The van der Waals surface area contributed by atoms with Crippen molar-refractivity contribution in [2.75, 3.05) is 31.1 Å². The Kier molecular flexibility index (Phi) is 4.60. The third-order valence-electron chi connectivity index (χ3n) is 7.34. The number of rotatable bonds is 3. The van der Waals surface area contributed by atoms with E-state index in [1.165, 1.54) is 58.0 Å². The first-order chi connectivity index (χ1) is 13.3. The molecule has 142 valence electrons. The smallest absolute Gasteiger partial charge is 0.128 e. The molecule has 0 aromatic carbocycles. The lowest BCUT2D eigenvalue weighted by Crippen LogP contribution is -2.51. The van der Waals surface area contributed by atoms with Crippen LogP contribution < -0.4 is 4.90 Å². The predicted molar refractivity (Wildman–Crippen MR) is 110 cm³/mol. The van der Waals surface area contributed by atoms with Crippen LogP contribution in [0.4, 0.5) is 5.82 Å². The van der Waals surface area contributed by atoms with E-state index in [1.54, 1.807) is 0 Å². The number of hydrogen-bond donors (Lipinski definition) is 0. The van der Waals surface area contributed by atoms with Crippen molar-refractivity contribution in [1.29, 1.82) is 0 Å². The zero-order chi connectivity index (χ0) is 18.1. The van der Waals surface area contributed by atoms with Gasteiger partial charge in [0.2, 0.25) is 0 Å². The number of nitrogens with zero attached hydrogens (tertiary/aromatic N) is 4. The summed E-state index contributed by atoms with van der Waals surface area (Å²) in [6.45, 7) is 4.98. The van der Waals surface area contributed by atoms with Crippen molar-refractivity contribution in [3.05, 3.63) is 42.9 Å². The molecule has 0 N–H and O–H groups in total. The molecule has 3 fully saturated rings. The Balaban J connectivity index is 1.18. The van der Waals surface area contributed by atoms with Crippen LogP contribution in [0, 0.1) is 5.41 Å². The van der Waals surface area contributed by atoms with Gasteiger partial charge in [-0.3, -0.25) is 4.98 Å². The fourth-order valence-electron chi connectivity index (χ4n) is 5.10. The maximum Gasteiger partial charge on any atom is 0.128 e. The first-order valence-electron chi connectivity index (χ1n) is 10.7. The van der Waals surface area contributed by atoms with Gasteiger partial charge in [-0.1, -0.05) is 12.5 Å². The second kappa shape index (κ2) is 7.23. The quantitative estimate of drug-likeness (QED) is 0.811. The van der Waals surface area contributed by atoms with Gasteiger partial charge in [-0.15, -0.1) is 0 Å². The van der Waals surface area contributed by atoms with Gasteiger partial charge >= 0.3 is 0 Å². The molecule has 4 heterocycles. The molecule has 2 aromatic rings. The zero-order valence-electron chi connectivity index (χ0n) is 16.2. The summed E-state index contributed by atoms with van der Waals surface area (Å²) in [5.74, 6) is 1.13. The molecule has 2 aliphatic heterocycles. The third kappa shape index (κ3) is 3.47. The topological polar surface area (TPSA) is 32.3 Å². The maximum atomic E-state index is 4.76. The van der Waals surface area contributed by atoms with Gasteiger partial charge in [0, 0.05) is 48.8 Å². The van der Waals surface area contributed by atoms with Crippen molar-refractivity contribution >= 4 is 5.82 Å². The summed E-state index contributed by atoms with van der Waals surface area (Å²) >= 11 is 0. The number of aromatic nitrogens is 2. The van der Waals surface area contributed by atoms with Crippen LogP contribution in [0.3, 0.4) is 0 Å². The lowest BCUT2D eigenvalue weighted by molar-refractivity contribution is 0.0305. The standard InChI is InChI=1S/C23H30N4/c1-4-21(5-1)26-13-8-23(9-14-26)10-15-27(16-11-23)22-7-6-20(18-25-22)19-3-2-12-24-17-19/h2-3,6-7,12,17-18,21H,1,4-5,8-11,13-16H2. The number of hydrogen-bond acceptors (Lipinski definition) is 4. The molecular formula is C23H30N4. The van der Waals surface area contributed by atoms with Crippen LogP contribution in [-0.4, -0.2) is 47.1 Å². The molecule has 0 bridgehead atoms. The Morgan fingerprint density at radius 2 is 1.59 bits per heavy atom. The van der Waals surface area contributed by atoms with E-state index in [2.05, 4.69) is 33.0 Å². The van der Waals surface area contributed by atoms with Crippen LogP contribution in [-0.2, 0) is 0 Å². The van der Waals surface area contributed by atoms with Gasteiger partial charge in [0.05, 0.1) is 0 Å².